The summed E-state index contributed by atoms with van der Waals surface area (Å²) in [4.78, 5) is 43.0. The van der Waals surface area contributed by atoms with Gasteiger partial charge in [-0.1, -0.05) is 12.1 Å². The molecule has 0 aliphatic rings. The zero-order valence-corrected chi connectivity index (χ0v) is 15.6. The third kappa shape index (κ3) is 3.60. The molecule has 144 valence electrons. The zero-order chi connectivity index (χ0) is 20.5. The lowest BCUT2D eigenvalue weighted by Gasteiger charge is -2.05. The number of thiazole rings is 1. The number of carbonyl (C=O) groups excluding carboxylic acids is 1. The van der Waals surface area contributed by atoms with Crippen molar-refractivity contribution in [2.45, 2.75) is 6.54 Å². The molecule has 0 saturated carbocycles. The first kappa shape index (κ1) is 18.4. The zero-order valence-electron chi connectivity index (χ0n) is 14.8. The predicted octanol–water partition coefficient (Wildman–Crippen LogP) is 2.58. The molecule has 0 bridgehead atoms. The Hall–Kier alpha value is -3.92. The van der Waals surface area contributed by atoms with Crippen LogP contribution in [0.15, 0.2) is 59.0 Å². The van der Waals surface area contributed by atoms with Crippen LogP contribution in [-0.4, -0.2) is 25.4 Å². The summed E-state index contributed by atoms with van der Waals surface area (Å²) < 4.78 is 1.36. The van der Waals surface area contributed by atoms with Crippen LogP contribution in [0.1, 0.15) is 16.1 Å². The SMILES string of the molecule is NC(=O)c1ccc(-c2nc(Cn3cnc4ccc([N+](=O)[O-])cc4c3=O)cs2)cc1. The van der Waals surface area contributed by atoms with Crippen molar-refractivity contribution in [1.29, 1.82) is 0 Å². The smallest absolute Gasteiger partial charge is 0.270 e. The van der Waals surface area contributed by atoms with Crippen molar-refractivity contribution in [2.24, 2.45) is 5.73 Å². The first-order chi connectivity index (χ1) is 13.9. The van der Waals surface area contributed by atoms with E-state index in [4.69, 9.17) is 5.73 Å². The molecule has 2 heterocycles. The van der Waals surface area contributed by atoms with Crippen LogP contribution >= 0.6 is 11.3 Å². The van der Waals surface area contributed by atoms with Crippen molar-refractivity contribution in [3.05, 3.63) is 85.9 Å². The standard InChI is InChI=1S/C19H13N5O4S/c20-17(25)11-1-3-12(4-2-11)18-22-13(9-29-18)8-23-10-21-16-6-5-14(24(27)28)7-15(16)19(23)26/h1-7,9-10H,8H2,(H2,20,25). The van der Waals surface area contributed by atoms with Gasteiger partial charge in [-0.2, -0.15) is 0 Å². The Labute approximate surface area is 167 Å². The Balaban J connectivity index is 1.64. The third-order valence-electron chi connectivity index (χ3n) is 4.32. The van der Waals surface area contributed by atoms with E-state index in [1.807, 2.05) is 5.38 Å². The van der Waals surface area contributed by atoms with Gasteiger partial charge in [0, 0.05) is 28.6 Å². The minimum Gasteiger partial charge on any atom is -0.366 e. The van der Waals surface area contributed by atoms with E-state index in [1.165, 1.54) is 40.4 Å². The lowest BCUT2D eigenvalue weighted by atomic mass is 10.1. The highest BCUT2D eigenvalue weighted by Crippen LogP contribution is 2.24. The summed E-state index contributed by atoms with van der Waals surface area (Å²) in [7, 11) is 0. The van der Waals surface area contributed by atoms with E-state index in [0.29, 0.717) is 16.8 Å². The summed E-state index contributed by atoms with van der Waals surface area (Å²) in [5.74, 6) is -0.500. The molecule has 4 aromatic rings. The molecule has 0 unspecified atom stereocenters. The number of primary amides is 1. The minimum absolute atomic E-state index is 0.162. The van der Waals surface area contributed by atoms with Crippen LogP contribution in [-0.2, 0) is 6.54 Å². The van der Waals surface area contributed by atoms with E-state index < -0.39 is 10.8 Å². The number of fused-ring (bicyclic) bond motifs is 1. The van der Waals surface area contributed by atoms with Gasteiger partial charge >= 0.3 is 0 Å². The van der Waals surface area contributed by atoms with E-state index in [9.17, 15) is 19.7 Å². The van der Waals surface area contributed by atoms with Crippen LogP contribution in [0, 0.1) is 10.1 Å². The molecular formula is C19H13N5O4S. The van der Waals surface area contributed by atoms with Gasteiger partial charge in [0.2, 0.25) is 5.91 Å². The number of nitrogens with two attached hydrogens (primary N) is 1. The molecule has 0 fully saturated rings. The number of nitrogens with zero attached hydrogens (tertiary/aromatic N) is 4. The molecule has 1 amide bonds. The summed E-state index contributed by atoms with van der Waals surface area (Å²) in [5, 5.41) is 13.7. The molecule has 2 aromatic heterocycles. The van der Waals surface area contributed by atoms with Crippen molar-refractivity contribution >= 4 is 33.8 Å². The van der Waals surface area contributed by atoms with Gasteiger partial charge in [-0.05, 0) is 18.2 Å². The average molecular weight is 407 g/mol. The predicted molar refractivity (Wildman–Crippen MR) is 108 cm³/mol. The number of aromatic nitrogens is 3. The van der Waals surface area contributed by atoms with E-state index in [0.717, 1.165) is 10.6 Å². The summed E-state index contributed by atoms with van der Waals surface area (Å²) in [6.45, 7) is 0.181. The maximum absolute atomic E-state index is 12.7. The van der Waals surface area contributed by atoms with E-state index in [-0.39, 0.29) is 23.2 Å². The number of nitro groups is 1. The molecule has 2 N–H and O–H groups in total. The van der Waals surface area contributed by atoms with Gasteiger partial charge in [0.25, 0.3) is 11.2 Å². The molecule has 2 aromatic carbocycles. The second kappa shape index (κ2) is 7.24. The fourth-order valence-corrected chi connectivity index (χ4v) is 3.65. The summed E-state index contributed by atoms with van der Waals surface area (Å²) in [5.41, 5.74) is 6.99. The van der Waals surface area contributed by atoms with Gasteiger partial charge in [-0.15, -0.1) is 11.3 Å². The van der Waals surface area contributed by atoms with Gasteiger partial charge in [0.1, 0.15) is 5.01 Å². The van der Waals surface area contributed by atoms with Crippen molar-refractivity contribution < 1.29 is 9.72 Å². The van der Waals surface area contributed by atoms with Gasteiger partial charge in [0.15, 0.2) is 0 Å². The van der Waals surface area contributed by atoms with Crippen molar-refractivity contribution in [2.75, 3.05) is 0 Å². The topological polar surface area (TPSA) is 134 Å². The number of hydrogen-bond acceptors (Lipinski definition) is 7. The monoisotopic (exact) mass is 407 g/mol. The number of nitro benzene ring substituents is 1. The fraction of sp³-hybridized carbons (Fsp3) is 0.0526. The lowest BCUT2D eigenvalue weighted by Crippen LogP contribution is -2.21. The Kier molecular flexibility index (Phi) is 4.61. The molecule has 0 spiro atoms. The van der Waals surface area contributed by atoms with Crippen LogP contribution in [0.25, 0.3) is 21.5 Å². The maximum atomic E-state index is 12.7. The highest BCUT2D eigenvalue weighted by atomic mass is 32.1. The van der Waals surface area contributed by atoms with Gasteiger partial charge < -0.3 is 5.73 Å². The molecule has 0 saturated heterocycles. The lowest BCUT2D eigenvalue weighted by molar-refractivity contribution is -0.384. The summed E-state index contributed by atoms with van der Waals surface area (Å²) in [6.07, 6.45) is 1.40. The van der Waals surface area contributed by atoms with Crippen LogP contribution in [0.5, 0.6) is 0 Å². The third-order valence-corrected chi connectivity index (χ3v) is 5.26. The number of hydrogen-bond donors (Lipinski definition) is 1. The largest absolute Gasteiger partial charge is 0.366 e. The number of carbonyl (C=O) groups is 1. The first-order valence-corrected chi connectivity index (χ1v) is 9.28. The van der Waals surface area contributed by atoms with Crippen LogP contribution in [0.4, 0.5) is 5.69 Å². The van der Waals surface area contributed by atoms with Crippen LogP contribution in [0.2, 0.25) is 0 Å². The molecule has 9 nitrogen and oxygen atoms in total. The maximum Gasteiger partial charge on any atom is 0.270 e. The fourth-order valence-electron chi connectivity index (χ4n) is 2.84. The second-order valence-corrected chi connectivity index (χ2v) is 7.08. The quantitative estimate of drug-likeness (QED) is 0.399. The molecule has 0 aliphatic carbocycles. The summed E-state index contributed by atoms with van der Waals surface area (Å²) >= 11 is 1.40. The number of non-ortho nitro benzene ring substituents is 1. The Morgan fingerprint density at radius 2 is 1.97 bits per heavy atom. The Morgan fingerprint density at radius 3 is 2.66 bits per heavy atom. The molecule has 0 aliphatic heterocycles. The van der Waals surface area contributed by atoms with Crippen LogP contribution < -0.4 is 11.3 Å². The molecular weight excluding hydrogens is 394 g/mol. The van der Waals surface area contributed by atoms with E-state index >= 15 is 0 Å². The summed E-state index contributed by atoms with van der Waals surface area (Å²) in [6, 6.07) is 10.8. The second-order valence-electron chi connectivity index (χ2n) is 6.22. The highest BCUT2D eigenvalue weighted by molar-refractivity contribution is 7.13. The normalized spacial score (nSPS) is 10.9. The molecule has 4 rings (SSSR count). The number of rotatable bonds is 5. The van der Waals surface area contributed by atoms with Crippen molar-refractivity contribution in [1.82, 2.24) is 14.5 Å². The molecule has 0 radical (unpaired) electrons. The van der Waals surface area contributed by atoms with Crippen LogP contribution in [0.3, 0.4) is 0 Å². The first-order valence-electron chi connectivity index (χ1n) is 8.40. The van der Waals surface area contributed by atoms with E-state index in [2.05, 4.69) is 9.97 Å². The number of benzene rings is 2. The minimum atomic E-state index is -0.549. The average Bonchev–Trinajstić information content (AvgIpc) is 3.18. The molecule has 0 atom stereocenters. The number of amides is 1. The Bertz CT molecular complexity index is 1310. The van der Waals surface area contributed by atoms with Gasteiger partial charge in [-0.3, -0.25) is 24.3 Å². The molecule has 10 heteroatoms. The van der Waals surface area contributed by atoms with Crippen molar-refractivity contribution in [3.63, 3.8) is 0 Å². The van der Waals surface area contributed by atoms with Gasteiger partial charge in [0.05, 0.1) is 34.4 Å². The van der Waals surface area contributed by atoms with E-state index in [1.54, 1.807) is 24.3 Å². The molecule has 29 heavy (non-hydrogen) atoms. The Morgan fingerprint density at radius 1 is 1.21 bits per heavy atom. The van der Waals surface area contributed by atoms with Gasteiger partial charge in [-0.25, -0.2) is 9.97 Å². The van der Waals surface area contributed by atoms with Crippen molar-refractivity contribution in [3.8, 4) is 10.6 Å². The highest BCUT2D eigenvalue weighted by Gasteiger charge is 2.12.